The van der Waals surface area contributed by atoms with Crippen LogP contribution >= 0.6 is 11.3 Å². The van der Waals surface area contributed by atoms with Crippen molar-refractivity contribution in [3.8, 4) is 0 Å². The van der Waals surface area contributed by atoms with E-state index in [4.69, 9.17) is 4.74 Å². The number of carbonyl (C=O) groups is 2. The Morgan fingerprint density at radius 3 is 2.38 bits per heavy atom. The van der Waals surface area contributed by atoms with Crippen molar-refractivity contribution in [1.82, 2.24) is 4.98 Å². The molecule has 1 atom stereocenters. The Kier molecular flexibility index (Phi) is 6.53. The maximum Gasteiger partial charge on any atom is 0.309 e. The summed E-state index contributed by atoms with van der Waals surface area (Å²) in [5.41, 5.74) is 4.72. The molecule has 1 aromatic heterocycles. The molecule has 0 spiro atoms. The zero-order valence-electron chi connectivity index (χ0n) is 16.3. The molecule has 0 saturated heterocycles. The van der Waals surface area contributed by atoms with Gasteiger partial charge in [-0.1, -0.05) is 31.5 Å². The first kappa shape index (κ1) is 20.1. The van der Waals surface area contributed by atoms with Crippen LogP contribution in [0.25, 0.3) is 0 Å². The van der Waals surface area contributed by atoms with E-state index in [2.05, 4.69) is 17.1 Å². The lowest BCUT2D eigenvalue weighted by Crippen LogP contribution is -2.24. The molecule has 0 unspecified atom stereocenters. The second kappa shape index (κ2) is 8.45. The molecule has 0 saturated carbocycles. The molecule has 1 heterocycles. The topological polar surface area (TPSA) is 59.5 Å². The zero-order valence-corrected chi connectivity index (χ0v) is 17.1. The Labute approximate surface area is 159 Å². The van der Waals surface area contributed by atoms with Gasteiger partial charge in [0.15, 0.2) is 5.13 Å². The molecule has 0 aliphatic rings. The summed E-state index contributed by atoms with van der Waals surface area (Å²) in [7, 11) is 0. The Morgan fingerprint density at radius 1 is 1.23 bits per heavy atom. The third kappa shape index (κ3) is 4.49. The van der Waals surface area contributed by atoms with Crippen LogP contribution in [0.4, 0.5) is 10.8 Å². The van der Waals surface area contributed by atoms with E-state index in [1.54, 1.807) is 4.90 Å². The first-order valence-electron chi connectivity index (χ1n) is 8.74. The first-order chi connectivity index (χ1) is 12.2. The Morgan fingerprint density at radius 2 is 1.85 bits per heavy atom. The fourth-order valence-electron chi connectivity index (χ4n) is 2.83. The maximum atomic E-state index is 12.3. The molecular formula is C20H26N2O3S. The number of nitrogens with zero attached hydrogens (tertiary/aromatic N) is 2. The van der Waals surface area contributed by atoms with E-state index < -0.39 is 0 Å². The second-order valence-corrected chi connectivity index (χ2v) is 7.48. The number of thiazole rings is 1. The summed E-state index contributed by atoms with van der Waals surface area (Å²) in [6, 6.07) is 4.11. The van der Waals surface area contributed by atoms with E-state index in [9.17, 15) is 9.59 Å². The lowest BCUT2D eigenvalue weighted by molar-refractivity contribution is -0.149. The van der Waals surface area contributed by atoms with Crippen molar-refractivity contribution in [1.29, 1.82) is 0 Å². The van der Waals surface area contributed by atoms with Crippen molar-refractivity contribution in [3.63, 3.8) is 0 Å². The highest BCUT2D eigenvalue weighted by Crippen LogP contribution is 2.34. The molecule has 0 radical (unpaired) electrons. The normalized spacial score (nSPS) is 11.9. The first-order valence-corrected chi connectivity index (χ1v) is 9.62. The Balaban J connectivity index is 2.27. The van der Waals surface area contributed by atoms with E-state index in [1.165, 1.54) is 18.3 Å². The molecular weight excluding hydrogens is 348 g/mol. The average molecular weight is 375 g/mol. The number of anilines is 2. The predicted molar refractivity (Wildman–Crippen MR) is 105 cm³/mol. The van der Waals surface area contributed by atoms with Crippen LogP contribution in [0, 0.1) is 26.7 Å². The summed E-state index contributed by atoms with van der Waals surface area (Å²) >= 11 is 1.37. The summed E-state index contributed by atoms with van der Waals surface area (Å²) in [6.45, 7) is 11.5. The molecule has 1 amide bonds. The number of esters is 1. The molecule has 2 aromatic rings. The van der Waals surface area contributed by atoms with Crippen molar-refractivity contribution < 1.29 is 14.3 Å². The number of ether oxygens (including phenoxy) is 1. The van der Waals surface area contributed by atoms with Crippen molar-refractivity contribution in [2.45, 2.75) is 54.6 Å². The highest BCUT2D eigenvalue weighted by atomic mass is 32.1. The van der Waals surface area contributed by atoms with Gasteiger partial charge in [0.2, 0.25) is 5.91 Å². The third-order valence-corrected chi connectivity index (χ3v) is 5.16. The van der Waals surface area contributed by atoms with E-state index in [1.807, 2.05) is 40.0 Å². The summed E-state index contributed by atoms with van der Waals surface area (Å²) in [5, 5.41) is 2.41. The van der Waals surface area contributed by atoms with Crippen LogP contribution in [0.3, 0.4) is 0 Å². The van der Waals surface area contributed by atoms with Crippen LogP contribution in [-0.4, -0.2) is 16.9 Å². The number of aryl methyl sites for hydroxylation is 3. The maximum absolute atomic E-state index is 12.3. The number of carbonyl (C=O) groups excluding carboxylic acids is 2. The van der Waals surface area contributed by atoms with Gasteiger partial charge in [-0.25, -0.2) is 4.98 Å². The van der Waals surface area contributed by atoms with E-state index >= 15 is 0 Å². The fourth-order valence-corrected chi connectivity index (χ4v) is 3.69. The molecule has 0 fully saturated rings. The number of amides is 1. The van der Waals surface area contributed by atoms with Gasteiger partial charge in [-0.2, -0.15) is 0 Å². The number of hydrogen-bond acceptors (Lipinski definition) is 5. The summed E-state index contributed by atoms with van der Waals surface area (Å²) in [4.78, 5) is 30.3. The molecule has 0 aliphatic heterocycles. The van der Waals surface area contributed by atoms with Crippen molar-refractivity contribution >= 4 is 34.0 Å². The molecule has 0 bridgehead atoms. The highest BCUT2D eigenvalue weighted by Gasteiger charge is 2.22. The van der Waals surface area contributed by atoms with Gasteiger partial charge < -0.3 is 4.74 Å². The minimum absolute atomic E-state index is 0.0995. The second-order valence-electron chi connectivity index (χ2n) is 6.64. The van der Waals surface area contributed by atoms with Crippen LogP contribution in [0.15, 0.2) is 17.5 Å². The summed E-state index contributed by atoms with van der Waals surface area (Å²) in [6.07, 6.45) is 0.741. The van der Waals surface area contributed by atoms with Crippen LogP contribution in [0.1, 0.15) is 49.6 Å². The Hall–Kier alpha value is -2.21. The predicted octanol–water partition coefficient (Wildman–Crippen LogP) is 4.84. The fraction of sp³-hybridized carbons (Fsp3) is 0.450. The largest absolute Gasteiger partial charge is 0.459 e. The minimum atomic E-state index is -0.226. The summed E-state index contributed by atoms with van der Waals surface area (Å²) < 4.78 is 5.30. The zero-order chi connectivity index (χ0) is 19.4. The van der Waals surface area contributed by atoms with Gasteiger partial charge in [0, 0.05) is 12.3 Å². The van der Waals surface area contributed by atoms with Crippen LogP contribution in [0.5, 0.6) is 0 Å². The van der Waals surface area contributed by atoms with Gasteiger partial charge in [0.1, 0.15) is 6.61 Å². The van der Waals surface area contributed by atoms with E-state index in [0.717, 1.165) is 28.8 Å². The van der Waals surface area contributed by atoms with Crippen molar-refractivity contribution in [2.75, 3.05) is 4.90 Å². The highest BCUT2D eigenvalue weighted by molar-refractivity contribution is 7.14. The van der Waals surface area contributed by atoms with Gasteiger partial charge in [-0.05, 0) is 38.3 Å². The van der Waals surface area contributed by atoms with E-state index in [-0.39, 0.29) is 24.4 Å². The molecule has 140 valence electrons. The molecule has 26 heavy (non-hydrogen) atoms. The molecule has 0 aliphatic carbocycles. The average Bonchev–Trinajstić information content (AvgIpc) is 3.02. The van der Waals surface area contributed by atoms with Gasteiger partial charge in [0.05, 0.1) is 17.3 Å². The quantitative estimate of drug-likeness (QED) is 0.679. The number of rotatable bonds is 6. The molecule has 1 aromatic carbocycles. The smallest absolute Gasteiger partial charge is 0.309 e. The van der Waals surface area contributed by atoms with Crippen molar-refractivity contribution in [2.24, 2.45) is 5.92 Å². The van der Waals surface area contributed by atoms with Crippen molar-refractivity contribution in [3.05, 3.63) is 39.9 Å². The third-order valence-electron chi connectivity index (χ3n) is 4.28. The summed E-state index contributed by atoms with van der Waals surface area (Å²) in [5.74, 6) is -0.451. The molecule has 0 N–H and O–H groups in total. The van der Waals surface area contributed by atoms with Gasteiger partial charge >= 0.3 is 5.97 Å². The minimum Gasteiger partial charge on any atom is -0.459 e. The van der Waals surface area contributed by atoms with E-state index in [0.29, 0.717) is 10.8 Å². The van der Waals surface area contributed by atoms with Gasteiger partial charge in [0.25, 0.3) is 0 Å². The van der Waals surface area contributed by atoms with Crippen LogP contribution in [0.2, 0.25) is 0 Å². The molecule has 6 heteroatoms. The number of aromatic nitrogens is 1. The van der Waals surface area contributed by atoms with Crippen LogP contribution < -0.4 is 4.90 Å². The standard InChI is InChI=1S/C20H26N2O3S/c1-7-13(3)19(24)25-10-17-11-26-20(21-17)22(16(6)23)18-14(4)8-12(2)9-15(18)5/h8-9,11,13H,7,10H2,1-6H3/t13-/m1/s1. The van der Waals surface area contributed by atoms with Crippen LogP contribution in [-0.2, 0) is 20.9 Å². The lowest BCUT2D eigenvalue weighted by atomic mass is 10.0. The number of hydrogen-bond donors (Lipinski definition) is 0. The molecule has 5 nitrogen and oxygen atoms in total. The molecule has 2 rings (SSSR count). The number of benzene rings is 1. The monoisotopic (exact) mass is 374 g/mol. The van der Waals surface area contributed by atoms with Gasteiger partial charge in [-0.3, -0.25) is 14.5 Å². The lowest BCUT2D eigenvalue weighted by Gasteiger charge is -2.23. The SMILES string of the molecule is CC[C@@H](C)C(=O)OCc1csc(N(C(C)=O)c2c(C)cc(C)cc2C)n1. The Bertz CT molecular complexity index is 790. The van der Waals surface area contributed by atoms with Gasteiger partial charge in [-0.15, -0.1) is 11.3 Å².